The van der Waals surface area contributed by atoms with Crippen LogP contribution < -0.4 is 15.8 Å². The summed E-state index contributed by atoms with van der Waals surface area (Å²) < 4.78 is 24.6. The molecule has 24 heavy (non-hydrogen) atoms. The summed E-state index contributed by atoms with van der Waals surface area (Å²) in [6.45, 7) is 2.02. The fourth-order valence-corrected chi connectivity index (χ4v) is 2.70. The Hall–Kier alpha value is -2.39. The Labute approximate surface area is 141 Å². The molecule has 0 aliphatic carbocycles. The molecule has 0 bridgehead atoms. The quantitative estimate of drug-likeness (QED) is 0.377. The zero-order chi connectivity index (χ0) is 17.4. The van der Waals surface area contributed by atoms with Gasteiger partial charge in [-0.3, -0.25) is 9.67 Å². The Kier molecular flexibility index (Phi) is 6.33. The lowest BCUT2D eigenvalue weighted by molar-refractivity contribution is 0.570. The molecule has 0 unspecified atom stereocenters. The molecule has 1 aromatic heterocycles. The molecule has 0 radical (unpaired) electrons. The lowest BCUT2D eigenvalue weighted by atomic mass is 10.2. The van der Waals surface area contributed by atoms with Crippen LogP contribution in [0.25, 0.3) is 0 Å². The number of aliphatic imine (C=N–C) groups is 1. The molecule has 0 saturated heterocycles. The molecule has 0 spiro atoms. The van der Waals surface area contributed by atoms with E-state index in [0.29, 0.717) is 12.5 Å². The summed E-state index contributed by atoms with van der Waals surface area (Å²) in [6.07, 6.45) is 4.58. The molecule has 2 rings (SSSR count). The van der Waals surface area contributed by atoms with Crippen LogP contribution in [0.1, 0.15) is 12.0 Å². The van der Waals surface area contributed by atoms with E-state index >= 15 is 0 Å². The second kappa shape index (κ2) is 8.46. The van der Waals surface area contributed by atoms with Crippen molar-refractivity contribution in [2.75, 3.05) is 13.6 Å². The number of hydrogen-bond acceptors (Lipinski definition) is 4. The molecule has 9 heteroatoms. The van der Waals surface area contributed by atoms with E-state index < -0.39 is 10.0 Å². The van der Waals surface area contributed by atoms with E-state index in [1.54, 1.807) is 25.4 Å². The number of nitrogens with two attached hydrogens (primary N) is 1. The minimum atomic E-state index is -3.69. The number of aryl methyl sites for hydroxylation is 1. The minimum Gasteiger partial charge on any atom is -0.356 e. The van der Waals surface area contributed by atoms with E-state index in [4.69, 9.17) is 5.14 Å². The van der Waals surface area contributed by atoms with Crippen LogP contribution in [-0.2, 0) is 23.1 Å². The van der Waals surface area contributed by atoms with Crippen molar-refractivity contribution < 1.29 is 8.42 Å². The van der Waals surface area contributed by atoms with E-state index in [2.05, 4.69) is 20.7 Å². The predicted octanol–water partition coefficient (Wildman–Crippen LogP) is 0.286. The van der Waals surface area contributed by atoms with E-state index in [0.717, 1.165) is 25.1 Å². The van der Waals surface area contributed by atoms with Crippen molar-refractivity contribution in [3.05, 3.63) is 48.3 Å². The van der Waals surface area contributed by atoms with Gasteiger partial charge >= 0.3 is 0 Å². The van der Waals surface area contributed by atoms with Gasteiger partial charge in [0.05, 0.1) is 4.90 Å². The number of sulfonamides is 1. The largest absolute Gasteiger partial charge is 0.356 e. The lowest BCUT2D eigenvalue weighted by Gasteiger charge is -2.12. The van der Waals surface area contributed by atoms with Crippen LogP contribution in [0.5, 0.6) is 0 Å². The number of nitrogens with one attached hydrogen (secondary N) is 2. The van der Waals surface area contributed by atoms with Gasteiger partial charge in [-0.2, -0.15) is 5.10 Å². The van der Waals surface area contributed by atoms with Gasteiger partial charge < -0.3 is 10.6 Å². The summed E-state index contributed by atoms with van der Waals surface area (Å²) >= 11 is 0. The van der Waals surface area contributed by atoms with Crippen LogP contribution in [0.15, 0.2) is 52.6 Å². The average molecular weight is 350 g/mol. The highest BCUT2D eigenvalue weighted by Crippen LogP contribution is 2.09. The minimum absolute atomic E-state index is 0.101. The van der Waals surface area contributed by atoms with Crippen LogP contribution in [0.3, 0.4) is 0 Å². The molecule has 4 N–H and O–H groups in total. The van der Waals surface area contributed by atoms with Crippen molar-refractivity contribution in [1.29, 1.82) is 0 Å². The van der Waals surface area contributed by atoms with Crippen LogP contribution in [0.2, 0.25) is 0 Å². The van der Waals surface area contributed by atoms with Gasteiger partial charge in [-0.1, -0.05) is 12.1 Å². The molecular formula is C15H22N6O2S. The molecule has 1 heterocycles. The number of nitrogens with zero attached hydrogens (tertiary/aromatic N) is 3. The topological polar surface area (TPSA) is 114 Å². The van der Waals surface area contributed by atoms with Crippen LogP contribution in [0, 0.1) is 0 Å². The highest BCUT2D eigenvalue weighted by molar-refractivity contribution is 7.89. The fraction of sp³-hybridized carbons (Fsp3) is 0.333. The molecule has 0 aliphatic heterocycles. The van der Waals surface area contributed by atoms with Crippen molar-refractivity contribution in [3.8, 4) is 0 Å². The van der Waals surface area contributed by atoms with Crippen molar-refractivity contribution >= 4 is 16.0 Å². The van der Waals surface area contributed by atoms with Gasteiger partial charge in [0.2, 0.25) is 10.0 Å². The van der Waals surface area contributed by atoms with E-state index in [-0.39, 0.29) is 4.90 Å². The first-order chi connectivity index (χ1) is 11.5. The monoisotopic (exact) mass is 350 g/mol. The Morgan fingerprint density at radius 2 is 2.17 bits per heavy atom. The van der Waals surface area contributed by atoms with Crippen LogP contribution >= 0.6 is 0 Å². The van der Waals surface area contributed by atoms with E-state index in [1.165, 1.54) is 6.07 Å². The Bertz CT molecular complexity index is 771. The first kappa shape index (κ1) is 18.0. The predicted molar refractivity (Wildman–Crippen MR) is 92.9 cm³/mol. The smallest absolute Gasteiger partial charge is 0.238 e. The van der Waals surface area contributed by atoms with Gasteiger partial charge in [0, 0.05) is 39.1 Å². The first-order valence-electron chi connectivity index (χ1n) is 7.53. The molecule has 0 amide bonds. The molecule has 2 aromatic rings. The summed E-state index contributed by atoms with van der Waals surface area (Å²) in [5.74, 6) is 0.650. The molecule has 0 fully saturated rings. The third kappa shape index (κ3) is 5.67. The van der Waals surface area contributed by atoms with Gasteiger partial charge in [0.25, 0.3) is 0 Å². The van der Waals surface area contributed by atoms with Gasteiger partial charge in [-0.15, -0.1) is 0 Å². The number of primary sulfonamides is 1. The number of hydrogen-bond donors (Lipinski definition) is 3. The SMILES string of the molecule is CN=C(NCCCn1cccn1)NCc1cccc(S(N)(=O)=O)c1. The normalized spacial score (nSPS) is 12.2. The van der Waals surface area contributed by atoms with Gasteiger partial charge in [-0.05, 0) is 30.2 Å². The lowest BCUT2D eigenvalue weighted by Crippen LogP contribution is -2.37. The second-order valence-corrected chi connectivity index (χ2v) is 6.73. The summed E-state index contributed by atoms with van der Waals surface area (Å²) in [6, 6.07) is 8.40. The van der Waals surface area contributed by atoms with Crippen molar-refractivity contribution in [3.63, 3.8) is 0 Å². The number of guanidine groups is 1. The molecule has 130 valence electrons. The third-order valence-electron chi connectivity index (χ3n) is 3.33. The standard InChI is InChI=1S/C15H22N6O2S/c1-17-15(18-7-3-9-21-10-4-8-20-21)19-12-13-5-2-6-14(11-13)24(16,22)23/h2,4-6,8,10-11H,3,7,9,12H2,1H3,(H2,16,22,23)(H2,17,18,19). The molecule has 0 aliphatic rings. The number of rotatable bonds is 7. The zero-order valence-electron chi connectivity index (χ0n) is 13.5. The molecule has 0 saturated carbocycles. The number of aromatic nitrogens is 2. The van der Waals surface area contributed by atoms with Gasteiger partial charge in [0.15, 0.2) is 5.96 Å². The molecule has 1 aromatic carbocycles. The molecular weight excluding hydrogens is 328 g/mol. The molecule has 8 nitrogen and oxygen atoms in total. The van der Waals surface area contributed by atoms with Crippen molar-refractivity contribution in [1.82, 2.24) is 20.4 Å². The summed E-state index contributed by atoms with van der Waals surface area (Å²) in [7, 11) is -2.01. The summed E-state index contributed by atoms with van der Waals surface area (Å²) in [5.41, 5.74) is 0.806. The van der Waals surface area contributed by atoms with Crippen molar-refractivity contribution in [2.45, 2.75) is 24.4 Å². The highest BCUT2D eigenvalue weighted by Gasteiger charge is 2.08. The van der Waals surface area contributed by atoms with E-state index in [9.17, 15) is 8.42 Å². The van der Waals surface area contributed by atoms with Crippen LogP contribution in [0.4, 0.5) is 0 Å². The Balaban J connectivity index is 1.79. The zero-order valence-corrected chi connectivity index (χ0v) is 14.3. The summed E-state index contributed by atoms with van der Waals surface area (Å²) in [4.78, 5) is 4.24. The average Bonchev–Trinajstić information content (AvgIpc) is 3.07. The van der Waals surface area contributed by atoms with Gasteiger partial charge in [0.1, 0.15) is 0 Å². The second-order valence-electron chi connectivity index (χ2n) is 5.17. The fourth-order valence-electron chi connectivity index (χ4n) is 2.12. The maximum Gasteiger partial charge on any atom is 0.238 e. The van der Waals surface area contributed by atoms with Crippen molar-refractivity contribution in [2.24, 2.45) is 10.1 Å². The Morgan fingerprint density at radius 3 is 2.83 bits per heavy atom. The Morgan fingerprint density at radius 1 is 1.33 bits per heavy atom. The number of benzene rings is 1. The summed E-state index contributed by atoms with van der Waals surface area (Å²) in [5, 5.41) is 15.6. The third-order valence-corrected chi connectivity index (χ3v) is 4.24. The van der Waals surface area contributed by atoms with Crippen LogP contribution in [-0.4, -0.2) is 37.8 Å². The molecule has 0 atom stereocenters. The maximum atomic E-state index is 11.4. The van der Waals surface area contributed by atoms with E-state index in [1.807, 2.05) is 23.0 Å². The first-order valence-corrected chi connectivity index (χ1v) is 9.07. The maximum absolute atomic E-state index is 11.4. The highest BCUT2D eigenvalue weighted by atomic mass is 32.2. The van der Waals surface area contributed by atoms with Gasteiger partial charge in [-0.25, -0.2) is 13.6 Å².